The number of aromatic nitrogens is 2. The summed E-state index contributed by atoms with van der Waals surface area (Å²) in [4.78, 5) is 12.5. The van der Waals surface area contributed by atoms with Crippen LogP contribution < -0.4 is 10.6 Å². The summed E-state index contributed by atoms with van der Waals surface area (Å²) < 4.78 is 2.78. The van der Waals surface area contributed by atoms with E-state index in [1.54, 1.807) is 17.9 Å². The standard InChI is InChI=1S/C17H21BrN4O.ClH/c1-19-15(12-9-21-22(2)10-12)16(23)20-11-17(6-7-17)13-4-3-5-14(18)8-13;/h3-5,8-10,15,19H,6-7,11H2,1-2H3,(H,20,23);1H. The lowest BCUT2D eigenvalue weighted by atomic mass is 9.96. The number of nitrogens with zero attached hydrogens (tertiary/aromatic N) is 2. The smallest absolute Gasteiger partial charge is 0.241 e. The zero-order valence-corrected chi connectivity index (χ0v) is 16.2. The number of likely N-dealkylation sites (N-methyl/N-ethyl adjacent to an activating group) is 1. The molecule has 5 nitrogen and oxygen atoms in total. The van der Waals surface area contributed by atoms with Gasteiger partial charge in [-0.25, -0.2) is 0 Å². The Hall–Kier alpha value is -1.37. The van der Waals surface area contributed by atoms with Crippen molar-refractivity contribution in [3.05, 3.63) is 52.3 Å². The van der Waals surface area contributed by atoms with Crippen molar-refractivity contribution in [2.45, 2.75) is 24.3 Å². The molecule has 1 aliphatic carbocycles. The second-order valence-electron chi connectivity index (χ2n) is 6.18. The summed E-state index contributed by atoms with van der Waals surface area (Å²) in [5.74, 6) is -0.0122. The van der Waals surface area contributed by atoms with Crippen LogP contribution in [0.5, 0.6) is 0 Å². The molecular weight excluding hydrogens is 392 g/mol. The van der Waals surface area contributed by atoms with E-state index in [1.807, 2.05) is 25.4 Å². The Bertz CT molecular complexity index is 714. The fourth-order valence-corrected chi connectivity index (χ4v) is 3.33. The lowest BCUT2D eigenvalue weighted by Gasteiger charge is -2.20. The van der Waals surface area contributed by atoms with E-state index in [9.17, 15) is 4.79 Å². The van der Waals surface area contributed by atoms with Crippen LogP contribution in [0.3, 0.4) is 0 Å². The van der Waals surface area contributed by atoms with Crippen LogP contribution in [-0.4, -0.2) is 29.3 Å². The van der Waals surface area contributed by atoms with Gasteiger partial charge in [0.2, 0.25) is 5.91 Å². The molecule has 3 rings (SSSR count). The summed E-state index contributed by atoms with van der Waals surface area (Å²) in [7, 11) is 3.64. The van der Waals surface area contributed by atoms with Crippen LogP contribution in [0.15, 0.2) is 41.1 Å². The molecular formula is C17H22BrClN4O. The van der Waals surface area contributed by atoms with Crippen molar-refractivity contribution in [3.63, 3.8) is 0 Å². The number of benzene rings is 1. The predicted octanol–water partition coefficient (Wildman–Crippen LogP) is 2.71. The third kappa shape index (κ3) is 3.99. The van der Waals surface area contributed by atoms with Gasteiger partial charge in [0.15, 0.2) is 0 Å². The predicted molar refractivity (Wildman–Crippen MR) is 100 cm³/mol. The summed E-state index contributed by atoms with van der Waals surface area (Å²) in [5.41, 5.74) is 2.25. The van der Waals surface area contributed by atoms with Gasteiger partial charge in [-0.05, 0) is 37.6 Å². The van der Waals surface area contributed by atoms with Gasteiger partial charge >= 0.3 is 0 Å². The number of aryl methyl sites for hydroxylation is 1. The highest BCUT2D eigenvalue weighted by atomic mass is 79.9. The summed E-state index contributed by atoms with van der Waals surface area (Å²) in [6, 6.07) is 7.99. The molecule has 1 aromatic carbocycles. The van der Waals surface area contributed by atoms with Gasteiger partial charge in [-0.2, -0.15) is 5.10 Å². The molecule has 1 aliphatic rings. The maximum absolute atomic E-state index is 12.5. The number of carbonyl (C=O) groups is 1. The van der Waals surface area contributed by atoms with Crippen molar-refractivity contribution in [1.29, 1.82) is 0 Å². The molecule has 1 fully saturated rings. The molecule has 1 atom stereocenters. The maximum atomic E-state index is 12.5. The first-order valence-corrected chi connectivity index (χ1v) is 8.53. The fourth-order valence-electron chi connectivity index (χ4n) is 2.93. The molecule has 0 aliphatic heterocycles. The third-order valence-corrected chi connectivity index (χ3v) is 4.99. The van der Waals surface area contributed by atoms with Crippen LogP contribution in [0.4, 0.5) is 0 Å². The van der Waals surface area contributed by atoms with Crippen LogP contribution >= 0.6 is 28.3 Å². The van der Waals surface area contributed by atoms with Crippen molar-refractivity contribution in [3.8, 4) is 0 Å². The molecule has 1 amide bonds. The van der Waals surface area contributed by atoms with Gasteiger partial charge in [0.05, 0.1) is 6.20 Å². The molecule has 0 radical (unpaired) electrons. The Balaban J connectivity index is 0.00000208. The highest BCUT2D eigenvalue weighted by Gasteiger charge is 2.44. The second-order valence-corrected chi connectivity index (χ2v) is 7.09. The minimum absolute atomic E-state index is 0. The van der Waals surface area contributed by atoms with Crippen LogP contribution in [0.2, 0.25) is 0 Å². The SMILES string of the molecule is CNC(C(=O)NCC1(c2cccc(Br)c2)CC1)c1cnn(C)c1.Cl. The first-order chi connectivity index (χ1) is 11.0. The molecule has 1 saturated carbocycles. The Morgan fingerprint density at radius 2 is 2.21 bits per heavy atom. The van der Waals surface area contributed by atoms with E-state index in [0.717, 1.165) is 22.9 Å². The Kier molecular flexibility index (Phi) is 6.06. The zero-order valence-electron chi connectivity index (χ0n) is 13.8. The number of hydrogen-bond acceptors (Lipinski definition) is 3. The summed E-state index contributed by atoms with van der Waals surface area (Å²) in [5, 5.41) is 10.3. The van der Waals surface area contributed by atoms with E-state index in [1.165, 1.54) is 5.56 Å². The van der Waals surface area contributed by atoms with E-state index in [-0.39, 0.29) is 29.8 Å². The summed E-state index contributed by atoms with van der Waals surface area (Å²) in [6.07, 6.45) is 5.81. The largest absolute Gasteiger partial charge is 0.354 e. The van der Waals surface area contributed by atoms with Gasteiger partial charge < -0.3 is 10.6 Å². The molecule has 1 heterocycles. The van der Waals surface area contributed by atoms with Crippen LogP contribution in [0, 0.1) is 0 Å². The number of hydrogen-bond donors (Lipinski definition) is 2. The molecule has 7 heteroatoms. The second kappa shape index (κ2) is 7.68. The van der Waals surface area contributed by atoms with Gasteiger partial charge in [0.25, 0.3) is 0 Å². The Labute approximate surface area is 156 Å². The van der Waals surface area contributed by atoms with Crippen LogP contribution in [0.25, 0.3) is 0 Å². The van der Waals surface area contributed by atoms with Gasteiger partial charge in [0, 0.05) is 35.2 Å². The highest BCUT2D eigenvalue weighted by Crippen LogP contribution is 2.48. The quantitative estimate of drug-likeness (QED) is 0.765. The average molecular weight is 414 g/mol. The molecule has 2 aromatic rings. The van der Waals surface area contributed by atoms with Gasteiger partial charge in [-0.15, -0.1) is 12.4 Å². The summed E-state index contributed by atoms with van der Waals surface area (Å²) in [6.45, 7) is 0.667. The molecule has 0 saturated heterocycles. The molecule has 1 unspecified atom stereocenters. The van der Waals surface area contributed by atoms with E-state index in [0.29, 0.717) is 6.54 Å². The monoisotopic (exact) mass is 412 g/mol. The fraction of sp³-hybridized carbons (Fsp3) is 0.412. The van der Waals surface area contributed by atoms with E-state index in [4.69, 9.17) is 0 Å². The maximum Gasteiger partial charge on any atom is 0.241 e. The number of halogens is 2. The lowest BCUT2D eigenvalue weighted by Crippen LogP contribution is -2.39. The van der Waals surface area contributed by atoms with Crippen LogP contribution in [-0.2, 0) is 17.3 Å². The van der Waals surface area contributed by atoms with Crippen molar-refractivity contribution in [2.75, 3.05) is 13.6 Å². The van der Waals surface area contributed by atoms with E-state index in [2.05, 4.69) is 43.8 Å². The normalized spacial score (nSPS) is 16.1. The van der Waals surface area contributed by atoms with Crippen molar-refractivity contribution >= 4 is 34.2 Å². The summed E-state index contributed by atoms with van der Waals surface area (Å²) >= 11 is 3.52. The van der Waals surface area contributed by atoms with Crippen molar-refractivity contribution in [2.24, 2.45) is 7.05 Å². The number of nitrogens with one attached hydrogen (secondary N) is 2. The highest BCUT2D eigenvalue weighted by molar-refractivity contribution is 9.10. The van der Waals surface area contributed by atoms with Crippen LogP contribution in [0.1, 0.15) is 30.0 Å². The zero-order chi connectivity index (χ0) is 16.4. The topological polar surface area (TPSA) is 59.0 Å². The molecule has 2 N–H and O–H groups in total. The molecule has 130 valence electrons. The van der Waals surface area contributed by atoms with Crippen molar-refractivity contribution < 1.29 is 4.79 Å². The number of carbonyl (C=O) groups excluding carboxylic acids is 1. The minimum atomic E-state index is -0.373. The molecule has 0 spiro atoms. The Morgan fingerprint density at radius 3 is 2.75 bits per heavy atom. The average Bonchev–Trinajstić information content (AvgIpc) is 3.22. The van der Waals surface area contributed by atoms with E-state index >= 15 is 0 Å². The molecule has 1 aromatic heterocycles. The van der Waals surface area contributed by atoms with Gasteiger partial charge in [-0.1, -0.05) is 28.1 Å². The van der Waals surface area contributed by atoms with Gasteiger partial charge in [0.1, 0.15) is 6.04 Å². The number of rotatable bonds is 6. The molecule has 0 bridgehead atoms. The van der Waals surface area contributed by atoms with E-state index < -0.39 is 0 Å². The Morgan fingerprint density at radius 1 is 1.46 bits per heavy atom. The lowest BCUT2D eigenvalue weighted by molar-refractivity contribution is -0.123. The third-order valence-electron chi connectivity index (χ3n) is 4.50. The number of amides is 1. The minimum Gasteiger partial charge on any atom is -0.354 e. The first kappa shape index (κ1) is 19.0. The molecule has 24 heavy (non-hydrogen) atoms. The van der Waals surface area contributed by atoms with Gasteiger partial charge in [-0.3, -0.25) is 9.48 Å². The first-order valence-electron chi connectivity index (χ1n) is 7.74. The van der Waals surface area contributed by atoms with Crippen molar-refractivity contribution in [1.82, 2.24) is 20.4 Å².